The van der Waals surface area contributed by atoms with Gasteiger partial charge in [0.05, 0.1) is 6.04 Å². The van der Waals surface area contributed by atoms with Crippen molar-refractivity contribution in [1.82, 2.24) is 9.62 Å². The lowest BCUT2D eigenvalue weighted by Crippen LogP contribution is -2.57. The molecule has 196 valence electrons. The predicted octanol–water partition coefficient (Wildman–Crippen LogP) is 4.44. The quantitative estimate of drug-likeness (QED) is 0.482. The first-order valence-corrected chi connectivity index (χ1v) is 13.0. The summed E-state index contributed by atoms with van der Waals surface area (Å²) < 4.78 is 89.4. The van der Waals surface area contributed by atoms with Gasteiger partial charge in [0, 0.05) is 18.2 Å². The lowest BCUT2D eigenvalue weighted by atomic mass is 9.79. The highest BCUT2D eigenvalue weighted by Gasteiger charge is 2.51. The molecular formula is C24H26F5N3O3S. The van der Waals surface area contributed by atoms with Crippen LogP contribution < -0.4 is 4.72 Å². The van der Waals surface area contributed by atoms with E-state index in [1.165, 1.54) is 23.1 Å². The minimum absolute atomic E-state index is 0.00596. The molecule has 36 heavy (non-hydrogen) atoms. The zero-order chi connectivity index (χ0) is 26.5. The zero-order valence-electron chi connectivity index (χ0n) is 19.4. The van der Waals surface area contributed by atoms with Crippen molar-refractivity contribution in [1.29, 1.82) is 4.78 Å². The summed E-state index contributed by atoms with van der Waals surface area (Å²) in [6.45, 7) is 1.64. The van der Waals surface area contributed by atoms with Crippen LogP contribution in [0.3, 0.4) is 0 Å². The Morgan fingerprint density at radius 3 is 2.50 bits per heavy atom. The van der Waals surface area contributed by atoms with E-state index < -0.39 is 50.6 Å². The Morgan fingerprint density at radius 2 is 1.92 bits per heavy atom. The van der Waals surface area contributed by atoms with Crippen LogP contribution in [0.15, 0.2) is 36.4 Å². The standard InChI is InChI=1S/C24H26F5N3O3S/c1-14-9-16(13-17(25)10-14)18-11-15(3-4-19(18)26)12-21-20(31-36(30,35)24(27,28)29)5-8-32(21)22(33)23(34)6-2-7-23/h3-4,9-11,13,20-21,34H,2,5-8,12H2,1H3,(H2,30,31,35)/t20-,21-,36?/m0/s1. The van der Waals surface area contributed by atoms with E-state index in [-0.39, 0.29) is 43.4 Å². The molecule has 1 saturated heterocycles. The van der Waals surface area contributed by atoms with Crippen LogP contribution in [0, 0.1) is 23.3 Å². The van der Waals surface area contributed by atoms with Crippen molar-refractivity contribution in [3.8, 4) is 11.1 Å². The van der Waals surface area contributed by atoms with E-state index in [0.717, 1.165) is 12.1 Å². The molecule has 2 aromatic carbocycles. The number of nitrogens with one attached hydrogen (secondary N) is 2. The summed E-state index contributed by atoms with van der Waals surface area (Å²) in [4.78, 5) is 14.3. The van der Waals surface area contributed by atoms with Crippen molar-refractivity contribution in [3.63, 3.8) is 0 Å². The molecule has 1 saturated carbocycles. The zero-order valence-corrected chi connectivity index (χ0v) is 20.2. The Kier molecular flexibility index (Phi) is 6.91. The summed E-state index contributed by atoms with van der Waals surface area (Å²) in [6.07, 6.45) is 1.00. The first kappa shape index (κ1) is 26.5. The summed E-state index contributed by atoms with van der Waals surface area (Å²) in [5.74, 6) is -1.82. The Morgan fingerprint density at radius 1 is 1.22 bits per heavy atom. The highest BCUT2D eigenvalue weighted by atomic mass is 32.2. The molecule has 2 fully saturated rings. The van der Waals surface area contributed by atoms with Gasteiger partial charge in [-0.2, -0.15) is 13.2 Å². The fourth-order valence-electron chi connectivity index (χ4n) is 4.82. The molecule has 3 atom stereocenters. The Labute approximate surface area is 205 Å². The van der Waals surface area contributed by atoms with E-state index >= 15 is 0 Å². The molecule has 1 aliphatic heterocycles. The van der Waals surface area contributed by atoms with Gasteiger partial charge in [0.15, 0.2) is 0 Å². The fraction of sp³-hybridized carbons (Fsp3) is 0.458. The third-order valence-electron chi connectivity index (χ3n) is 6.86. The predicted molar refractivity (Wildman–Crippen MR) is 123 cm³/mol. The van der Waals surface area contributed by atoms with E-state index in [1.54, 1.807) is 13.0 Å². The number of rotatable bonds is 6. The average molecular weight is 532 g/mol. The molecule has 0 radical (unpaired) electrons. The highest BCUT2D eigenvalue weighted by Crippen LogP contribution is 2.37. The Balaban J connectivity index is 1.68. The topological polar surface area (TPSA) is 93.5 Å². The van der Waals surface area contributed by atoms with Crippen molar-refractivity contribution >= 4 is 15.8 Å². The Bertz CT molecular complexity index is 1260. The van der Waals surface area contributed by atoms with Gasteiger partial charge in [0.2, 0.25) is 9.92 Å². The second kappa shape index (κ2) is 9.38. The number of aryl methyl sites for hydroxylation is 1. The van der Waals surface area contributed by atoms with Crippen LogP contribution in [0.25, 0.3) is 11.1 Å². The number of alkyl halides is 3. The molecule has 1 heterocycles. The van der Waals surface area contributed by atoms with Crippen molar-refractivity contribution in [2.45, 2.75) is 62.2 Å². The number of hydrogen-bond acceptors (Lipinski definition) is 4. The molecule has 1 aliphatic carbocycles. The van der Waals surface area contributed by atoms with Gasteiger partial charge < -0.3 is 10.0 Å². The van der Waals surface area contributed by atoms with Crippen molar-refractivity contribution in [3.05, 3.63) is 59.2 Å². The maximum absolute atomic E-state index is 14.7. The van der Waals surface area contributed by atoms with E-state index in [2.05, 4.69) is 0 Å². The smallest absolute Gasteiger partial charge is 0.380 e. The number of likely N-dealkylation sites (tertiary alicyclic amines) is 1. The van der Waals surface area contributed by atoms with Gasteiger partial charge in [-0.05, 0) is 80.0 Å². The van der Waals surface area contributed by atoms with Gasteiger partial charge in [0.1, 0.15) is 17.2 Å². The molecule has 2 aliphatic rings. The van der Waals surface area contributed by atoms with Crippen LogP contribution in [0.5, 0.6) is 0 Å². The van der Waals surface area contributed by atoms with Crippen LogP contribution in [-0.4, -0.2) is 49.9 Å². The van der Waals surface area contributed by atoms with Crippen LogP contribution in [-0.2, 0) is 21.1 Å². The van der Waals surface area contributed by atoms with E-state index in [1.807, 2.05) is 4.72 Å². The fourth-order valence-corrected chi connectivity index (χ4v) is 5.66. The van der Waals surface area contributed by atoms with Gasteiger partial charge in [-0.1, -0.05) is 12.1 Å². The number of nitrogens with zero attached hydrogens (tertiary/aromatic N) is 1. The molecule has 0 bridgehead atoms. The third-order valence-corrected chi connectivity index (χ3v) is 8.14. The largest absolute Gasteiger partial charge is 0.492 e. The first-order chi connectivity index (χ1) is 16.7. The third kappa shape index (κ3) is 5.12. The molecule has 4 rings (SSSR count). The number of amides is 1. The number of aliphatic hydroxyl groups is 1. The van der Waals surface area contributed by atoms with Gasteiger partial charge in [-0.15, -0.1) is 0 Å². The Hall–Kier alpha value is -2.57. The minimum atomic E-state index is -5.32. The van der Waals surface area contributed by atoms with Gasteiger partial charge in [0.25, 0.3) is 5.91 Å². The maximum atomic E-state index is 14.7. The molecule has 1 amide bonds. The van der Waals surface area contributed by atoms with Crippen LogP contribution in [0.4, 0.5) is 22.0 Å². The molecule has 6 nitrogen and oxygen atoms in total. The van der Waals surface area contributed by atoms with E-state index in [0.29, 0.717) is 17.5 Å². The molecule has 0 spiro atoms. The first-order valence-electron chi connectivity index (χ1n) is 11.4. The maximum Gasteiger partial charge on any atom is 0.492 e. The normalized spacial score (nSPS) is 23.2. The molecule has 1 unspecified atom stereocenters. The van der Waals surface area contributed by atoms with E-state index in [9.17, 15) is 36.1 Å². The van der Waals surface area contributed by atoms with Crippen molar-refractivity contribution < 1.29 is 36.1 Å². The summed E-state index contributed by atoms with van der Waals surface area (Å²) in [5.41, 5.74) is -5.57. The summed E-state index contributed by atoms with van der Waals surface area (Å²) in [6, 6.07) is 5.88. The van der Waals surface area contributed by atoms with Crippen molar-refractivity contribution in [2.75, 3.05) is 6.54 Å². The van der Waals surface area contributed by atoms with Crippen LogP contribution in [0.2, 0.25) is 0 Å². The van der Waals surface area contributed by atoms with E-state index in [4.69, 9.17) is 4.78 Å². The van der Waals surface area contributed by atoms with Crippen LogP contribution in [0.1, 0.15) is 36.8 Å². The number of carbonyl (C=O) groups is 1. The summed E-state index contributed by atoms with van der Waals surface area (Å²) >= 11 is 0. The van der Waals surface area contributed by atoms with Gasteiger partial charge in [-0.25, -0.2) is 22.5 Å². The molecule has 12 heteroatoms. The van der Waals surface area contributed by atoms with Gasteiger partial charge >= 0.3 is 5.51 Å². The SMILES string of the molecule is Cc1cc(F)cc(-c2cc(C[C@H]3[C@@H](NS(=N)(=O)C(F)(F)F)CCN3C(=O)C3(O)CCC3)ccc2F)c1. The second-order valence-corrected chi connectivity index (χ2v) is 11.3. The van der Waals surface area contributed by atoms with Crippen molar-refractivity contribution in [2.24, 2.45) is 0 Å². The minimum Gasteiger partial charge on any atom is -0.380 e. The molecule has 0 aromatic heterocycles. The average Bonchev–Trinajstić information content (AvgIpc) is 3.12. The summed E-state index contributed by atoms with van der Waals surface area (Å²) in [5, 5.41) is 10.6. The number of carbonyl (C=O) groups excluding carboxylic acids is 1. The second-order valence-electron chi connectivity index (χ2n) is 9.50. The monoisotopic (exact) mass is 531 g/mol. The van der Waals surface area contributed by atoms with Crippen LogP contribution >= 0.6 is 0 Å². The number of halogens is 5. The lowest BCUT2D eigenvalue weighted by Gasteiger charge is -2.40. The number of benzene rings is 2. The van der Waals surface area contributed by atoms with Gasteiger partial charge in [-0.3, -0.25) is 4.79 Å². The number of hydrogen-bond donors (Lipinski definition) is 3. The molecule has 2 aromatic rings. The highest BCUT2D eigenvalue weighted by molar-refractivity contribution is 7.91. The lowest BCUT2D eigenvalue weighted by molar-refractivity contribution is -0.161. The summed E-state index contributed by atoms with van der Waals surface area (Å²) in [7, 11) is -5.20. The molecular weight excluding hydrogens is 505 g/mol. The molecule has 3 N–H and O–H groups in total.